The molecule has 3 aromatic rings. The highest BCUT2D eigenvalue weighted by Crippen LogP contribution is 2.38. The zero-order valence-corrected chi connectivity index (χ0v) is 18.8. The molecule has 1 aliphatic rings. The lowest BCUT2D eigenvalue weighted by atomic mass is 9.77. The summed E-state index contributed by atoms with van der Waals surface area (Å²) in [5, 5.41) is 0.390. The number of rotatable bonds is 5. The van der Waals surface area contributed by atoms with Crippen molar-refractivity contribution in [2.75, 3.05) is 0 Å². The lowest BCUT2D eigenvalue weighted by molar-refractivity contribution is -0.0500. The maximum Gasteiger partial charge on any atom is 0.534 e. The van der Waals surface area contributed by atoms with Crippen LogP contribution < -0.4 is 4.18 Å². The van der Waals surface area contributed by atoms with Crippen LogP contribution in [0.2, 0.25) is 0 Å². The molecule has 1 fully saturated rings. The van der Waals surface area contributed by atoms with Gasteiger partial charge < -0.3 is 4.18 Å². The van der Waals surface area contributed by atoms with Crippen LogP contribution in [0.1, 0.15) is 50.5 Å². The zero-order chi connectivity index (χ0) is 23.8. The predicted octanol–water partition coefficient (Wildman–Crippen LogP) is 7.56. The van der Waals surface area contributed by atoms with Gasteiger partial charge in [0.05, 0.1) is 0 Å². The number of benzene rings is 3. The SMILES string of the molecule is CCC1CCC(c2ccc(-c3ccc4c(F)c(OS(=O)(=O)C(F)(F)F)ccc4c3)cc2)CC1. The molecule has 0 aliphatic heterocycles. The van der Waals surface area contributed by atoms with E-state index in [0.717, 1.165) is 23.1 Å². The van der Waals surface area contributed by atoms with Gasteiger partial charge in [-0.3, -0.25) is 0 Å². The molecule has 3 nitrogen and oxygen atoms in total. The van der Waals surface area contributed by atoms with Crippen molar-refractivity contribution in [3.05, 3.63) is 66.0 Å². The highest BCUT2D eigenvalue weighted by molar-refractivity contribution is 7.88. The van der Waals surface area contributed by atoms with E-state index in [1.165, 1.54) is 49.8 Å². The fourth-order valence-corrected chi connectivity index (χ4v) is 4.99. The molecule has 33 heavy (non-hydrogen) atoms. The molecular formula is C25H24F4O3S. The Morgan fingerprint density at radius 3 is 2.15 bits per heavy atom. The van der Waals surface area contributed by atoms with E-state index in [9.17, 15) is 26.0 Å². The van der Waals surface area contributed by atoms with Crippen LogP contribution >= 0.6 is 0 Å². The van der Waals surface area contributed by atoms with Crippen LogP contribution in [0.15, 0.2) is 54.6 Å². The Morgan fingerprint density at radius 1 is 0.909 bits per heavy atom. The van der Waals surface area contributed by atoms with E-state index < -0.39 is 27.2 Å². The Hall–Kier alpha value is -2.61. The van der Waals surface area contributed by atoms with Crippen LogP contribution in [-0.4, -0.2) is 13.9 Å². The van der Waals surface area contributed by atoms with Crippen LogP contribution in [0.3, 0.4) is 0 Å². The van der Waals surface area contributed by atoms with Gasteiger partial charge in [0.2, 0.25) is 0 Å². The Kier molecular flexibility index (Phi) is 6.40. The number of fused-ring (bicyclic) bond motifs is 1. The van der Waals surface area contributed by atoms with E-state index in [2.05, 4.69) is 23.2 Å². The van der Waals surface area contributed by atoms with Gasteiger partial charge in [-0.25, -0.2) is 4.39 Å². The van der Waals surface area contributed by atoms with Crippen LogP contribution in [0.5, 0.6) is 5.75 Å². The summed E-state index contributed by atoms with van der Waals surface area (Å²) < 4.78 is 78.7. The molecule has 0 heterocycles. The van der Waals surface area contributed by atoms with Crippen molar-refractivity contribution in [1.82, 2.24) is 0 Å². The largest absolute Gasteiger partial charge is 0.534 e. The summed E-state index contributed by atoms with van der Waals surface area (Å²) in [5.41, 5.74) is -2.57. The fourth-order valence-electron chi connectivity index (χ4n) is 4.53. The molecule has 1 aliphatic carbocycles. The van der Waals surface area contributed by atoms with E-state index in [0.29, 0.717) is 11.3 Å². The minimum atomic E-state index is -5.95. The third-order valence-corrected chi connectivity index (χ3v) is 7.51. The van der Waals surface area contributed by atoms with Crippen molar-refractivity contribution < 1.29 is 30.2 Å². The molecular weight excluding hydrogens is 456 g/mol. The monoisotopic (exact) mass is 480 g/mol. The average Bonchev–Trinajstić information content (AvgIpc) is 2.80. The molecule has 1 saturated carbocycles. The summed E-state index contributed by atoms with van der Waals surface area (Å²) in [6.45, 7) is 2.24. The lowest BCUT2D eigenvalue weighted by Crippen LogP contribution is -2.28. The Bertz CT molecular complexity index is 1240. The number of hydrogen-bond acceptors (Lipinski definition) is 3. The molecule has 0 bridgehead atoms. The second-order valence-electron chi connectivity index (χ2n) is 8.54. The highest BCUT2D eigenvalue weighted by atomic mass is 32.2. The third-order valence-electron chi connectivity index (χ3n) is 6.54. The quantitative estimate of drug-likeness (QED) is 0.215. The second kappa shape index (κ2) is 8.97. The van der Waals surface area contributed by atoms with Crippen molar-refractivity contribution in [2.24, 2.45) is 5.92 Å². The van der Waals surface area contributed by atoms with Crippen molar-refractivity contribution in [3.63, 3.8) is 0 Å². The van der Waals surface area contributed by atoms with Crippen LogP contribution in [0.4, 0.5) is 17.6 Å². The Morgan fingerprint density at radius 2 is 1.55 bits per heavy atom. The summed E-state index contributed by atoms with van der Waals surface area (Å²) in [6.07, 6.45) is 6.15. The summed E-state index contributed by atoms with van der Waals surface area (Å²) >= 11 is 0. The molecule has 0 atom stereocenters. The summed E-state index contributed by atoms with van der Waals surface area (Å²) in [5.74, 6) is -0.753. The van der Waals surface area contributed by atoms with Crippen LogP contribution in [0.25, 0.3) is 21.9 Å². The summed E-state index contributed by atoms with van der Waals surface area (Å²) in [6, 6.07) is 15.3. The molecule has 0 saturated heterocycles. The maximum atomic E-state index is 14.7. The lowest BCUT2D eigenvalue weighted by Gasteiger charge is -2.28. The molecule has 3 aromatic carbocycles. The molecule has 0 amide bonds. The van der Waals surface area contributed by atoms with Crippen LogP contribution in [0, 0.1) is 11.7 Å². The van der Waals surface area contributed by atoms with Gasteiger partial charge in [-0.1, -0.05) is 55.8 Å². The first kappa shape index (κ1) is 23.5. The van der Waals surface area contributed by atoms with Gasteiger partial charge >= 0.3 is 15.6 Å². The van der Waals surface area contributed by atoms with Gasteiger partial charge in [0.25, 0.3) is 0 Å². The average molecular weight is 481 g/mol. The minimum Gasteiger partial charge on any atom is -0.373 e. The van der Waals surface area contributed by atoms with Gasteiger partial charge in [-0.2, -0.15) is 21.6 Å². The Balaban J connectivity index is 1.56. The molecule has 0 unspecified atom stereocenters. The fraction of sp³-hybridized carbons (Fsp3) is 0.360. The van der Waals surface area contributed by atoms with Crippen LogP contribution in [-0.2, 0) is 10.1 Å². The molecule has 0 N–H and O–H groups in total. The van der Waals surface area contributed by atoms with E-state index >= 15 is 0 Å². The van der Waals surface area contributed by atoms with Gasteiger partial charge in [0.1, 0.15) is 0 Å². The smallest absolute Gasteiger partial charge is 0.373 e. The number of alkyl halides is 3. The number of halogens is 4. The Labute approximate surface area is 190 Å². The van der Waals surface area contributed by atoms with E-state index in [1.807, 2.05) is 12.1 Å². The summed E-state index contributed by atoms with van der Waals surface area (Å²) in [7, 11) is -5.95. The zero-order valence-electron chi connectivity index (χ0n) is 18.0. The first-order valence-corrected chi connectivity index (χ1v) is 12.3. The van der Waals surface area contributed by atoms with Crippen molar-refractivity contribution in [3.8, 4) is 16.9 Å². The normalized spacial score (nSPS) is 19.5. The molecule has 4 rings (SSSR count). The molecule has 176 valence electrons. The predicted molar refractivity (Wildman–Crippen MR) is 120 cm³/mol. The molecule has 8 heteroatoms. The van der Waals surface area contributed by atoms with Crippen molar-refractivity contribution in [1.29, 1.82) is 0 Å². The minimum absolute atomic E-state index is 0.0297. The topological polar surface area (TPSA) is 43.4 Å². The first-order chi connectivity index (χ1) is 15.6. The highest BCUT2D eigenvalue weighted by Gasteiger charge is 2.49. The molecule has 0 spiro atoms. The van der Waals surface area contributed by atoms with E-state index in [-0.39, 0.29) is 5.39 Å². The van der Waals surface area contributed by atoms with E-state index in [4.69, 9.17) is 0 Å². The second-order valence-corrected chi connectivity index (χ2v) is 10.1. The number of hydrogen-bond donors (Lipinski definition) is 0. The molecule has 0 radical (unpaired) electrons. The van der Waals surface area contributed by atoms with Crippen molar-refractivity contribution in [2.45, 2.75) is 50.5 Å². The summed E-state index contributed by atoms with van der Waals surface area (Å²) in [4.78, 5) is 0. The third kappa shape index (κ3) is 4.86. The van der Waals surface area contributed by atoms with Gasteiger partial charge in [0, 0.05) is 5.39 Å². The molecule has 0 aromatic heterocycles. The van der Waals surface area contributed by atoms with Gasteiger partial charge in [-0.15, -0.1) is 0 Å². The van der Waals surface area contributed by atoms with Gasteiger partial charge in [0.15, 0.2) is 11.6 Å². The maximum absolute atomic E-state index is 14.7. The first-order valence-electron chi connectivity index (χ1n) is 10.9. The van der Waals surface area contributed by atoms with Crippen molar-refractivity contribution >= 4 is 20.9 Å². The van der Waals surface area contributed by atoms with Gasteiger partial charge in [-0.05, 0) is 71.7 Å². The standard InChI is InChI=1S/C25H24F4O3S/c1-2-16-3-5-17(6-4-16)18-7-9-19(10-8-18)20-11-13-22-21(15-20)12-14-23(24(22)26)32-33(30,31)25(27,28)29/h7-17H,2-6H2,1H3. The van der Waals surface area contributed by atoms with E-state index in [1.54, 1.807) is 12.1 Å².